The Morgan fingerprint density at radius 2 is 1.88 bits per heavy atom. The van der Waals surface area contributed by atoms with Crippen molar-refractivity contribution in [3.8, 4) is 5.75 Å². The van der Waals surface area contributed by atoms with Crippen LogP contribution in [0.15, 0.2) is 29.4 Å². The lowest BCUT2D eigenvalue weighted by molar-refractivity contribution is -0.127. The van der Waals surface area contributed by atoms with E-state index in [-0.39, 0.29) is 18.4 Å². The van der Waals surface area contributed by atoms with Crippen LogP contribution in [0.1, 0.15) is 64.3 Å². The van der Waals surface area contributed by atoms with Gasteiger partial charge in [0.2, 0.25) is 5.91 Å². The fraction of sp³-hybridized carbons (Fsp3) is 0.583. The zero-order valence-corrected chi connectivity index (χ0v) is 20.6. The number of aromatic nitrogens is 3. The van der Waals surface area contributed by atoms with Crippen LogP contribution in [0.25, 0.3) is 0 Å². The van der Waals surface area contributed by atoms with E-state index in [9.17, 15) is 9.59 Å². The van der Waals surface area contributed by atoms with Crippen LogP contribution >= 0.6 is 11.8 Å². The van der Waals surface area contributed by atoms with Crippen molar-refractivity contribution in [1.29, 1.82) is 0 Å². The van der Waals surface area contributed by atoms with E-state index in [1.54, 1.807) is 6.92 Å². The summed E-state index contributed by atoms with van der Waals surface area (Å²) in [5.74, 6) is 1.44. The topological polar surface area (TPSA) is 98.1 Å². The monoisotopic (exact) mass is 473 g/mol. The van der Waals surface area contributed by atoms with E-state index >= 15 is 0 Å². The molecule has 1 aliphatic rings. The molecule has 180 valence electrons. The van der Waals surface area contributed by atoms with E-state index in [1.165, 1.54) is 36.6 Å². The Hall–Kier alpha value is -2.55. The number of aryl methyl sites for hydroxylation is 1. The largest absolute Gasteiger partial charge is 0.481 e. The molecule has 0 radical (unpaired) electrons. The first kappa shape index (κ1) is 25.1. The van der Waals surface area contributed by atoms with Crippen molar-refractivity contribution in [2.45, 2.75) is 89.7 Å². The second kappa shape index (κ2) is 12.6. The molecular formula is C24H35N5O3S. The highest BCUT2D eigenvalue weighted by Crippen LogP contribution is 2.20. The molecule has 1 aliphatic carbocycles. The Kier molecular flexibility index (Phi) is 9.60. The van der Waals surface area contributed by atoms with Crippen molar-refractivity contribution < 1.29 is 14.3 Å². The van der Waals surface area contributed by atoms with E-state index in [4.69, 9.17) is 4.74 Å². The van der Waals surface area contributed by atoms with Crippen molar-refractivity contribution in [3.05, 3.63) is 35.7 Å². The number of hydrogen-bond acceptors (Lipinski definition) is 6. The first-order valence-corrected chi connectivity index (χ1v) is 12.9. The summed E-state index contributed by atoms with van der Waals surface area (Å²) in [7, 11) is 0. The quantitative estimate of drug-likeness (QED) is 0.485. The van der Waals surface area contributed by atoms with Gasteiger partial charge in [0, 0.05) is 12.6 Å². The van der Waals surface area contributed by atoms with Crippen LogP contribution in [-0.4, -0.2) is 44.5 Å². The van der Waals surface area contributed by atoms with Crippen LogP contribution in [0.3, 0.4) is 0 Å². The number of benzene rings is 1. The molecular weight excluding hydrogens is 438 g/mol. The summed E-state index contributed by atoms with van der Waals surface area (Å²) in [5.41, 5.74) is 1.22. The van der Waals surface area contributed by atoms with Crippen LogP contribution in [0, 0.1) is 0 Å². The van der Waals surface area contributed by atoms with Gasteiger partial charge in [0.05, 0.1) is 12.3 Å². The third-order valence-electron chi connectivity index (χ3n) is 5.85. The van der Waals surface area contributed by atoms with Crippen LogP contribution in [0.5, 0.6) is 5.75 Å². The number of ether oxygens (including phenoxy) is 1. The first-order valence-electron chi connectivity index (χ1n) is 11.9. The molecule has 2 amide bonds. The number of thioether (sulfide) groups is 1. The zero-order valence-electron chi connectivity index (χ0n) is 19.8. The molecule has 3 rings (SSSR count). The van der Waals surface area contributed by atoms with Gasteiger partial charge in [-0.05, 0) is 50.8 Å². The molecule has 0 bridgehead atoms. The molecule has 1 atom stereocenters. The molecule has 1 saturated carbocycles. The van der Waals surface area contributed by atoms with Gasteiger partial charge < -0.3 is 19.9 Å². The number of rotatable bonds is 11. The van der Waals surface area contributed by atoms with Gasteiger partial charge in [0.25, 0.3) is 5.91 Å². The number of carbonyl (C=O) groups excluding carboxylic acids is 2. The van der Waals surface area contributed by atoms with Gasteiger partial charge in [-0.2, -0.15) is 0 Å². The standard InChI is InChI=1S/C24H35N5O3S/c1-4-18-11-13-20(14-12-18)32-17(3)23(31)25-15-21-27-28-24(29(21)5-2)33-16-22(30)26-19-9-7-6-8-10-19/h11-14,17,19H,4-10,15-16H2,1-3H3,(H,25,31)(H,26,30)/t17-/m1/s1. The second-order valence-corrected chi connectivity index (χ2v) is 9.25. The number of hydrogen-bond donors (Lipinski definition) is 2. The molecule has 1 heterocycles. The fourth-order valence-corrected chi connectivity index (χ4v) is 4.72. The van der Waals surface area contributed by atoms with Gasteiger partial charge in [-0.3, -0.25) is 9.59 Å². The van der Waals surface area contributed by atoms with E-state index in [0.29, 0.717) is 35.1 Å². The third kappa shape index (κ3) is 7.48. The highest BCUT2D eigenvalue weighted by molar-refractivity contribution is 7.99. The summed E-state index contributed by atoms with van der Waals surface area (Å²) >= 11 is 1.37. The third-order valence-corrected chi connectivity index (χ3v) is 6.81. The number of nitrogens with zero attached hydrogens (tertiary/aromatic N) is 3. The molecule has 1 aromatic heterocycles. The van der Waals surface area contributed by atoms with E-state index in [2.05, 4.69) is 27.8 Å². The molecule has 2 N–H and O–H groups in total. The van der Waals surface area contributed by atoms with Gasteiger partial charge in [-0.25, -0.2) is 0 Å². The van der Waals surface area contributed by atoms with Crippen molar-refractivity contribution in [2.75, 3.05) is 5.75 Å². The van der Waals surface area contributed by atoms with Gasteiger partial charge in [0.15, 0.2) is 17.1 Å². The molecule has 1 fully saturated rings. The van der Waals surface area contributed by atoms with Crippen molar-refractivity contribution >= 4 is 23.6 Å². The second-order valence-electron chi connectivity index (χ2n) is 8.31. The lowest BCUT2D eigenvalue weighted by atomic mass is 9.95. The van der Waals surface area contributed by atoms with Gasteiger partial charge in [-0.15, -0.1) is 10.2 Å². The van der Waals surface area contributed by atoms with Crippen LogP contribution in [0.4, 0.5) is 0 Å². The van der Waals surface area contributed by atoms with Gasteiger partial charge >= 0.3 is 0 Å². The predicted molar refractivity (Wildman–Crippen MR) is 129 cm³/mol. The number of carbonyl (C=O) groups is 2. The van der Waals surface area contributed by atoms with E-state index in [0.717, 1.165) is 19.3 Å². The van der Waals surface area contributed by atoms with E-state index in [1.807, 2.05) is 35.8 Å². The summed E-state index contributed by atoms with van der Waals surface area (Å²) in [6.45, 7) is 6.71. The maximum absolute atomic E-state index is 12.5. The number of amides is 2. The minimum absolute atomic E-state index is 0.0327. The molecule has 0 unspecified atom stereocenters. The minimum atomic E-state index is -0.632. The Morgan fingerprint density at radius 1 is 1.15 bits per heavy atom. The maximum Gasteiger partial charge on any atom is 0.261 e. The molecule has 0 aliphatic heterocycles. The molecule has 0 saturated heterocycles. The summed E-state index contributed by atoms with van der Waals surface area (Å²) in [6.07, 6.45) is 6.09. The van der Waals surface area contributed by atoms with Crippen molar-refractivity contribution in [1.82, 2.24) is 25.4 Å². The first-order chi connectivity index (χ1) is 16.0. The summed E-state index contributed by atoms with van der Waals surface area (Å²) < 4.78 is 7.67. The predicted octanol–water partition coefficient (Wildman–Crippen LogP) is 3.49. The Morgan fingerprint density at radius 3 is 2.55 bits per heavy atom. The van der Waals surface area contributed by atoms with Crippen molar-refractivity contribution in [3.63, 3.8) is 0 Å². The van der Waals surface area contributed by atoms with Crippen molar-refractivity contribution in [2.24, 2.45) is 0 Å². The van der Waals surface area contributed by atoms with Gasteiger partial charge in [0.1, 0.15) is 5.75 Å². The highest BCUT2D eigenvalue weighted by Gasteiger charge is 2.19. The normalized spacial score (nSPS) is 15.1. The summed E-state index contributed by atoms with van der Waals surface area (Å²) in [5, 5.41) is 15.1. The van der Waals surface area contributed by atoms with Gasteiger partial charge in [-0.1, -0.05) is 50.1 Å². The lowest BCUT2D eigenvalue weighted by Gasteiger charge is -2.22. The summed E-state index contributed by atoms with van der Waals surface area (Å²) in [4.78, 5) is 24.8. The van der Waals surface area contributed by atoms with Crippen LogP contribution in [-0.2, 0) is 29.1 Å². The molecule has 9 heteroatoms. The molecule has 1 aromatic carbocycles. The fourth-order valence-electron chi connectivity index (χ4n) is 3.89. The maximum atomic E-state index is 12.5. The Balaban J connectivity index is 1.47. The lowest BCUT2D eigenvalue weighted by Crippen LogP contribution is -2.37. The van der Waals surface area contributed by atoms with Crippen LogP contribution in [0.2, 0.25) is 0 Å². The minimum Gasteiger partial charge on any atom is -0.481 e. The SMILES string of the molecule is CCc1ccc(O[C@H](C)C(=O)NCc2nnc(SCC(=O)NC3CCCCC3)n2CC)cc1. The molecule has 8 nitrogen and oxygen atoms in total. The zero-order chi connectivity index (χ0) is 23.6. The average molecular weight is 474 g/mol. The molecule has 2 aromatic rings. The van der Waals surface area contributed by atoms with E-state index < -0.39 is 6.10 Å². The Labute approximate surface area is 200 Å². The summed E-state index contributed by atoms with van der Waals surface area (Å²) in [6, 6.07) is 8.06. The smallest absolute Gasteiger partial charge is 0.261 e. The van der Waals surface area contributed by atoms with Crippen LogP contribution < -0.4 is 15.4 Å². The number of nitrogens with one attached hydrogen (secondary N) is 2. The average Bonchev–Trinajstić information content (AvgIpc) is 3.24. The molecule has 0 spiro atoms. The molecule has 33 heavy (non-hydrogen) atoms. The highest BCUT2D eigenvalue weighted by atomic mass is 32.2. The Bertz CT molecular complexity index is 909.